The molecule has 78 valence electrons. The van der Waals surface area contributed by atoms with E-state index in [9.17, 15) is 0 Å². The minimum atomic E-state index is 0.962. The van der Waals surface area contributed by atoms with Gasteiger partial charge >= 0.3 is 0 Å². The van der Waals surface area contributed by atoms with Gasteiger partial charge < -0.3 is 0 Å². The highest BCUT2D eigenvalue weighted by Gasteiger charge is 2.01. The molecule has 0 amide bonds. The summed E-state index contributed by atoms with van der Waals surface area (Å²) in [7, 11) is 0. The van der Waals surface area contributed by atoms with Gasteiger partial charge in [-0.05, 0) is 31.4 Å². The van der Waals surface area contributed by atoms with Gasteiger partial charge in [-0.2, -0.15) is 5.10 Å². The van der Waals surface area contributed by atoms with E-state index in [0.29, 0.717) is 0 Å². The van der Waals surface area contributed by atoms with Crippen LogP contribution in [0.3, 0.4) is 0 Å². The van der Waals surface area contributed by atoms with Crippen LogP contribution in [0, 0.1) is 13.8 Å². The molecular formula is C13H16N2. The number of hydrogen-bond acceptors (Lipinski definition) is 1. The van der Waals surface area contributed by atoms with Gasteiger partial charge in [0, 0.05) is 12.2 Å². The summed E-state index contributed by atoms with van der Waals surface area (Å²) < 4.78 is 2.07. The fourth-order valence-corrected chi connectivity index (χ4v) is 1.65. The Morgan fingerprint density at radius 2 is 1.87 bits per heavy atom. The molecule has 1 aromatic heterocycles. The van der Waals surface area contributed by atoms with Gasteiger partial charge in [0.2, 0.25) is 0 Å². The van der Waals surface area contributed by atoms with Gasteiger partial charge in [0.15, 0.2) is 0 Å². The van der Waals surface area contributed by atoms with Crippen molar-refractivity contribution in [3.8, 4) is 0 Å². The van der Waals surface area contributed by atoms with Crippen molar-refractivity contribution in [3.63, 3.8) is 0 Å². The van der Waals surface area contributed by atoms with Crippen LogP contribution in [0.1, 0.15) is 16.8 Å². The molecule has 0 aliphatic carbocycles. The number of hydrogen-bond donors (Lipinski definition) is 0. The molecule has 2 aromatic rings. The molecule has 2 heteroatoms. The van der Waals surface area contributed by atoms with Gasteiger partial charge in [-0.3, -0.25) is 4.68 Å². The lowest BCUT2D eigenvalue weighted by atomic mass is 10.1. The standard InChI is InChI=1S/C13H16N2/c1-11-10-14-15(12(11)2)9-8-13-6-4-3-5-7-13/h3-7,10H,8-9H2,1-2H3. The van der Waals surface area contributed by atoms with Crippen LogP contribution in [-0.4, -0.2) is 9.78 Å². The zero-order valence-electron chi connectivity index (χ0n) is 9.27. The van der Waals surface area contributed by atoms with E-state index in [1.807, 2.05) is 12.3 Å². The summed E-state index contributed by atoms with van der Waals surface area (Å²) in [5.41, 5.74) is 3.90. The minimum absolute atomic E-state index is 0.962. The summed E-state index contributed by atoms with van der Waals surface area (Å²) in [6.45, 7) is 5.18. The van der Waals surface area contributed by atoms with E-state index in [-0.39, 0.29) is 0 Å². The monoisotopic (exact) mass is 200 g/mol. The topological polar surface area (TPSA) is 17.8 Å². The third-order valence-electron chi connectivity index (χ3n) is 2.80. The molecule has 1 aromatic carbocycles. The van der Waals surface area contributed by atoms with Crippen LogP contribution in [0.2, 0.25) is 0 Å². The third-order valence-corrected chi connectivity index (χ3v) is 2.80. The van der Waals surface area contributed by atoms with E-state index in [0.717, 1.165) is 13.0 Å². The fraction of sp³-hybridized carbons (Fsp3) is 0.308. The van der Waals surface area contributed by atoms with Crippen molar-refractivity contribution in [2.24, 2.45) is 0 Å². The molecule has 0 N–H and O–H groups in total. The Labute approximate surface area is 90.6 Å². The molecule has 0 radical (unpaired) electrons. The van der Waals surface area contributed by atoms with Gasteiger partial charge in [-0.25, -0.2) is 0 Å². The van der Waals surface area contributed by atoms with Crippen molar-refractivity contribution in [2.75, 3.05) is 0 Å². The predicted octanol–water partition coefficient (Wildman–Crippen LogP) is 2.74. The first kappa shape index (κ1) is 9.97. The first-order valence-electron chi connectivity index (χ1n) is 5.30. The maximum Gasteiger partial charge on any atom is 0.0521 e. The van der Waals surface area contributed by atoms with Gasteiger partial charge in [0.05, 0.1) is 6.20 Å². The third kappa shape index (κ3) is 2.27. The normalized spacial score (nSPS) is 10.5. The summed E-state index contributed by atoms with van der Waals surface area (Å²) in [4.78, 5) is 0. The van der Waals surface area contributed by atoms with E-state index in [2.05, 4.69) is 47.9 Å². The van der Waals surface area contributed by atoms with Crippen LogP contribution in [0.4, 0.5) is 0 Å². The minimum Gasteiger partial charge on any atom is -0.269 e. The molecule has 0 spiro atoms. The van der Waals surface area contributed by atoms with Crippen molar-refractivity contribution in [3.05, 3.63) is 53.3 Å². The van der Waals surface area contributed by atoms with Crippen molar-refractivity contribution < 1.29 is 0 Å². The maximum atomic E-state index is 4.35. The lowest BCUT2D eigenvalue weighted by Gasteiger charge is -2.04. The Morgan fingerprint density at radius 1 is 1.13 bits per heavy atom. The highest BCUT2D eigenvalue weighted by Crippen LogP contribution is 2.07. The smallest absolute Gasteiger partial charge is 0.0521 e. The van der Waals surface area contributed by atoms with E-state index in [1.165, 1.54) is 16.8 Å². The predicted molar refractivity (Wildman–Crippen MR) is 61.8 cm³/mol. The first-order valence-corrected chi connectivity index (χ1v) is 5.30. The first-order chi connectivity index (χ1) is 7.27. The molecule has 0 fully saturated rings. The Balaban J connectivity index is 2.02. The molecular weight excluding hydrogens is 184 g/mol. The highest BCUT2D eigenvalue weighted by atomic mass is 15.3. The summed E-state index contributed by atoms with van der Waals surface area (Å²) in [5.74, 6) is 0. The van der Waals surface area contributed by atoms with Gasteiger partial charge in [-0.15, -0.1) is 0 Å². The quantitative estimate of drug-likeness (QED) is 0.745. The molecule has 2 nitrogen and oxygen atoms in total. The van der Waals surface area contributed by atoms with Gasteiger partial charge in [0.1, 0.15) is 0 Å². The van der Waals surface area contributed by atoms with E-state index < -0.39 is 0 Å². The van der Waals surface area contributed by atoms with Crippen molar-refractivity contribution in [1.82, 2.24) is 9.78 Å². The second-order valence-electron chi connectivity index (χ2n) is 3.87. The average molecular weight is 200 g/mol. The Kier molecular flexibility index (Phi) is 2.86. The van der Waals surface area contributed by atoms with E-state index >= 15 is 0 Å². The molecule has 0 bridgehead atoms. The van der Waals surface area contributed by atoms with Gasteiger partial charge in [-0.1, -0.05) is 30.3 Å². The van der Waals surface area contributed by atoms with Crippen LogP contribution in [0.15, 0.2) is 36.5 Å². The van der Waals surface area contributed by atoms with Crippen molar-refractivity contribution in [2.45, 2.75) is 26.8 Å². The van der Waals surface area contributed by atoms with E-state index in [4.69, 9.17) is 0 Å². The second-order valence-corrected chi connectivity index (χ2v) is 3.87. The van der Waals surface area contributed by atoms with Crippen LogP contribution in [0.25, 0.3) is 0 Å². The maximum absolute atomic E-state index is 4.35. The zero-order chi connectivity index (χ0) is 10.7. The summed E-state index contributed by atoms with van der Waals surface area (Å²) in [6, 6.07) is 10.5. The Hall–Kier alpha value is -1.57. The van der Waals surface area contributed by atoms with Crippen LogP contribution in [0.5, 0.6) is 0 Å². The molecule has 0 saturated heterocycles. The average Bonchev–Trinajstić information content (AvgIpc) is 2.59. The lowest BCUT2D eigenvalue weighted by Crippen LogP contribution is -2.05. The van der Waals surface area contributed by atoms with Crippen LogP contribution < -0.4 is 0 Å². The number of aromatic nitrogens is 2. The SMILES string of the molecule is Cc1cnn(CCc2ccccc2)c1C. The lowest BCUT2D eigenvalue weighted by molar-refractivity contribution is 0.598. The van der Waals surface area contributed by atoms with E-state index in [1.54, 1.807) is 0 Å². The van der Waals surface area contributed by atoms with Crippen molar-refractivity contribution >= 4 is 0 Å². The molecule has 2 rings (SSSR count). The Bertz CT molecular complexity index is 429. The molecule has 0 unspecified atom stereocenters. The molecule has 1 heterocycles. The summed E-state index contributed by atoms with van der Waals surface area (Å²) in [6.07, 6.45) is 2.98. The van der Waals surface area contributed by atoms with Crippen LogP contribution in [-0.2, 0) is 13.0 Å². The highest BCUT2D eigenvalue weighted by molar-refractivity contribution is 5.16. The summed E-state index contributed by atoms with van der Waals surface area (Å²) >= 11 is 0. The van der Waals surface area contributed by atoms with Crippen LogP contribution >= 0.6 is 0 Å². The second kappa shape index (κ2) is 4.30. The zero-order valence-corrected chi connectivity index (χ0v) is 9.27. The number of nitrogens with zero attached hydrogens (tertiary/aromatic N) is 2. The largest absolute Gasteiger partial charge is 0.269 e. The number of benzene rings is 1. The number of aryl methyl sites for hydroxylation is 3. The molecule has 0 atom stereocenters. The van der Waals surface area contributed by atoms with Crippen molar-refractivity contribution in [1.29, 1.82) is 0 Å². The summed E-state index contributed by atoms with van der Waals surface area (Å²) in [5, 5.41) is 4.35. The molecule has 0 aliphatic rings. The molecule has 0 saturated carbocycles. The molecule has 0 aliphatic heterocycles. The fourth-order valence-electron chi connectivity index (χ4n) is 1.65. The molecule has 15 heavy (non-hydrogen) atoms. The number of rotatable bonds is 3. The Morgan fingerprint density at radius 3 is 2.47 bits per heavy atom. The van der Waals surface area contributed by atoms with Gasteiger partial charge in [0.25, 0.3) is 0 Å².